The van der Waals surface area contributed by atoms with Gasteiger partial charge in [0.05, 0.1) is 0 Å². The first-order valence-electron chi connectivity index (χ1n) is 5.49. The molecule has 0 fully saturated rings. The number of carbonyl (C=O) groups is 2. The van der Waals surface area contributed by atoms with E-state index in [9.17, 15) is 53.5 Å². The lowest BCUT2D eigenvalue weighted by Gasteiger charge is -2.19. The molecule has 3 nitrogen and oxygen atoms in total. The third-order valence-electron chi connectivity index (χ3n) is 2.50. The van der Waals surface area contributed by atoms with E-state index in [1.807, 2.05) is 0 Å². The van der Waals surface area contributed by atoms with Crippen LogP contribution >= 0.6 is 0 Å². The number of pyridine rings is 1. The summed E-state index contributed by atoms with van der Waals surface area (Å²) in [5.74, 6) is -18.0. The Balaban J connectivity index is 3.31. The molecule has 0 saturated carbocycles. The Morgan fingerprint density at radius 3 is 1.21 bits per heavy atom. The van der Waals surface area contributed by atoms with Crippen LogP contribution in [-0.4, -0.2) is 40.7 Å². The van der Waals surface area contributed by atoms with Crippen LogP contribution in [0.15, 0.2) is 18.2 Å². The van der Waals surface area contributed by atoms with Crippen LogP contribution in [0.2, 0.25) is 0 Å². The molecule has 0 unspecified atom stereocenters. The fourth-order valence-electron chi connectivity index (χ4n) is 1.27. The number of rotatable bonds is 4. The first-order valence-corrected chi connectivity index (χ1v) is 5.49. The second-order valence-electron chi connectivity index (χ2n) is 4.21. The van der Waals surface area contributed by atoms with E-state index in [0.717, 1.165) is 0 Å². The van der Waals surface area contributed by atoms with Crippen LogP contribution in [-0.2, 0) is 0 Å². The molecule has 13 heteroatoms. The molecule has 0 amide bonds. The standard InChI is InChI=1S/C11H3F10NO2/c12-8(13,10(16,17)18)6(23)4-2-1-3-5(22-4)7(24)9(14,15)11(19,20)21/h1-3H. The van der Waals surface area contributed by atoms with Crippen LogP contribution in [0, 0.1) is 0 Å². The molecule has 0 saturated heterocycles. The molecule has 0 spiro atoms. The normalized spacial score (nSPS) is 13.8. The van der Waals surface area contributed by atoms with Crippen LogP contribution in [0.25, 0.3) is 0 Å². The zero-order valence-corrected chi connectivity index (χ0v) is 10.8. The van der Waals surface area contributed by atoms with E-state index in [1.54, 1.807) is 0 Å². The second kappa shape index (κ2) is 5.70. The summed E-state index contributed by atoms with van der Waals surface area (Å²) in [6.07, 6.45) is -12.7. The van der Waals surface area contributed by atoms with Gasteiger partial charge in [0.15, 0.2) is 0 Å². The van der Waals surface area contributed by atoms with Crippen molar-refractivity contribution in [2.75, 3.05) is 0 Å². The summed E-state index contributed by atoms with van der Waals surface area (Å²) in [5.41, 5.74) is -3.61. The highest BCUT2D eigenvalue weighted by Gasteiger charge is 2.65. The number of halogens is 10. The van der Waals surface area contributed by atoms with Gasteiger partial charge in [0.25, 0.3) is 11.6 Å². The summed E-state index contributed by atoms with van der Waals surface area (Å²) in [4.78, 5) is 24.6. The van der Waals surface area contributed by atoms with Gasteiger partial charge in [-0.15, -0.1) is 0 Å². The van der Waals surface area contributed by atoms with Gasteiger partial charge >= 0.3 is 24.2 Å². The molecule has 24 heavy (non-hydrogen) atoms. The Kier molecular flexibility index (Phi) is 4.71. The van der Waals surface area contributed by atoms with Gasteiger partial charge in [-0.25, -0.2) is 4.98 Å². The lowest BCUT2D eigenvalue weighted by molar-refractivity contribution is -0.255. The average molecular weight is 371 g/mol. The molecule has 0 bridgehead atoms. The summed E-state index contributed by atoms with van der Waals surface area (Å²) in [7, 11) is 0. The predicted molar refractivity (Wildman–Crippen MR) is 54.9 cm³/mol. The molecule has 0 radical (unpaired) electrons. The van der Waals surface area contributed by atoms with Gasteiger partial charge < -0.3 is 0 Å². The van der Waals surface area contributed by atoms with E-state index >= 15 is 0 Å². The van der Waals surface area contributed by atoms with E-state index in [1.165, 1.54) is 0 Å². The maximum Gasteiger partial charge on any atom is 0.461 e. The monoisotopic (exact) mass is 371 g/mol. The van der Waals surface area contributed by atoms with Crippen LogP contribution < -0.4 is 0 Å². The van der Waals surface area contributed by atoms with Crippen LogP contribution in [0.4, 0.5) is 43.9 Å². The van der Waals surface area contributed by atoms with Crippen molar-refractivity contribution in [3.63, 3.8) is 0 Å². The second-order valence-corrected chi connectivity index (χ2v) is 4.21. The molecule has 0 aliphatic heterocycles. The summed E-state index contributed by atoms with van der Waals surface area (Å²) in [6, 6.07) is 0.751. The van der Waals surface area contributed by atoms with Crippen molar-refractivity contribution < 1.29 is 53.5 Å². The number of carbonyl (C=O) groups excluding carboxylic acids is 2. The number of nitrogens with zero attached hydrogens (tertiary/aromatic N) is 1. The molecule has 0 aliphatic rings. The highest BCUT2D eigenvalue weighted by atomic mass is 19.4. The molecule has 1 aromatic heterocycles. The molecule has 1 aromatic rings. The maximum atomic E-state index is 12.8. The van der Waals surface area contributed by atoms with Crippen molar-refractivity contribution in [3.05, 3.63) is 29.6 Å². The SMILES string of the molecule is O=C(c1cccc(C(=O)C(F)(F)C(F)(F)F)n1)C(F)(F)C(F)(F)F. The van der Waals surface area contributed by atoms with Crippen molar-refractivity contribution in [2.24, 2.45) is 0 Å². The Labute approximate surface area is 125 Å². The van der Waals surface area contributed by atoms with Crippen molar-refractivity contribution >= 4 is 11.6 Å². The van der Waals surface area contributed by atoms with Gasteiger partial charge in [-0.2, -0.15) is 43.9 Å². The number of hydrogen-bond donors (Lipinski definition) is 0. The molecule has 1 rings (SSSR count). The molecular weight excluding hydrogens is 368 g/mol. The summed E-state index contributed by atoms with van der Waals surface area (Å²) in [6.45, 7) is 0. The van der Waals surface area contributed by atoms with Gasteiger partial charge in [0, 0.05) is 0 Å². The molecule has 0 aliphatic carbocycles. The number of aromatic nitrogens is 1. The number of Topliss-reactive ketones (excluding diaryl/α,β-unsaturated/α-hetero) is 2. The van der Waals surface area contributed by atoms with Crippen LogP contribution in [0.3, 0.4) is 0 Å². The summed E-state index contributed by atoms with van der Waals surface area (Å²) in [5, 5.41) is 0. The minimum absolute atomic E-state index is 0.199. The Morgan fingerprint density at radius 1 is 0.667 bits per heavy atom. The highest BCUT2D eigenvalue weighted by Crippen LogP contribution is 2.39. The third-order valence-corrected chi connectivity index (χ3v) is 2.50. The number of ketones is 2. The average Bonchev–Trinajstić information content (AvgIpc) is 2.43. The van der Waals surface area contributed by atoms with Crippen molar-refractivity contribution in [3.8, 4) is 0 Å². The van der Waals surface area contributed by atoms with Gasteiger partial charge in [0.2, 0.25) is 0 Å². The lowest BCUT2D eigenvalue weighted by Crippen LogP contribution is -2.45. The van der Waals surface area contributed by atoms with E-state index in [2.05, 4.69) is 4.98 Å². The number of hydrogen-bond acceptors (Lipinski definition) is 3. The smallest absolute Gasteiger partial charge is 0.285 e. The van der Waals surface area contributed by atoms with Crippen LogP contribution in [0.1, 0.15) is 21.0 Å². The van der Waals surface area contributed by atoms with E-state index < -0.39 is 47.2 Å². The number of alkyl halides is 10. The molecule has 1 heterocycles. The van der Waals surface area contributed by atoms with Gasteiger partial charge in [-0.05, 0) is 12.1 Å². The summed E-state index contributed by atoms with van der Waals surface area (Å²) >= 11 is 0. The molecular formula is C11H3F10NO2. The van der Waals surface area contributed by atoms with E-state index in [0.29, 0.717) is 6.07 Å². The zero-order chi connectivity index (χ0) is 19.1. The molecule has 0 N–H and O–H groups in total. The highest BCUT2D eigenvalue weighted by molar-refractivity contribution is 6.03. The predicted octanol–water partition coefficient (Wildman–Crippen LogP) is 3.84. The molecule has 0 aromatic carbocycles. The van der Waals surface area contributed by atoms with E-state index in [-0.39, 0.29) is 12.1 Å². The minimum atomic E-state index is -6.36. The fourth-order valence-corrected chi connectivity index (χ4v) is 1.27. The first kappa shape index (κ1) is 19.8. The largest absolute Gasteiger partial charge is 0.461 e. The fraction of sp³-hybridized carbons (Fsp3) is 0.364. The van der Waals surface area contributed by atoms with Gasteiger partial charge in [0.1, 0.15) is 11.4 Å². The van der Waals surface area contributed by atoms with E-state index in [4.69, 9.17) is 0 Å². The summed E-state index contributed by atoms with van der Waals surface area (Å²) < 4.78 is 124. The van der Waals surface area contributed by atoms with Crippen molar-refractivity contribution in [2.45, 2.75) is 24.2 Å². The van der Waals surface area contributed by atoms with Crippen LogP contribution in [0.5, 0.6) is 0 Å². The molecule has 0 atom stereocenters. The van der Waals surface area contributed by atoms with Crippen molar-refractivity contribution in [1.82, 2.24) is 4.98 Å². The zero-order valence-electron chi connectivity index (χ0n) is 10.8. The minimum Gasteiger partial charge on any atom is -0.285 e. The van der Waals surface area contributed by atoms with Gasteiger partial charge in [-0.1, -0.05) is 6.07 Å². The maximum absolute atomic E-state index is 12.8. The van der Waals surface area contributed by atoms with Crippen molar-refractivity contribution in [1.29, 1.82) is 0 Å². The lowest BCUT2D eigenvalue weighted by atomic mass is 10.1. The Bertz CT molecular complexity index is 608. The topological polar surface area (TPSA) is 47.0 Å². The first-order chi connectivity index (χ1) is 10.5. The molecule has 134 valence electrons. The van der Waals surface area contributed by atoms with Gasteiger partial charge in [-0.3, -0.25) is 9.59 Å². The Morgan fingerprint density at radius 2 is 0.958 bits per heavy atom. The third kappa shape index (κ3) is 3.33. The Hall–Kier alpha value is -2.21. The quantitative estimate of drug-likeness (QED) is 0.597.